The van der Waals surface area contributed by atoms with E-state index in [0.29, 0.717) is 0 Å². The number of nitro groups is 1. The summed E-state index contributed by atoms with van der Waals surface area (Å²) in [6, 6.07) is 10.7. The van der Waals surface area contributed by atoms with Crippen LogP contribution in [0.4, 0.5) is 5.69 Å². The lowest BCUT2D eigenvalue weighted by atomic mass is 10.0. The van der Waals surface area contributed by atoms with Gasteiger partial charge in [-0.05, 0) is 36.1 Å². The van der Waals surface area contributed by atoms with Crippen LogP contribution in [0.3, 0.4) is 0 Å². The number of nitrogens with zero attached hydrogens (tertiary/aromatic N) is 2. The average molecular weight is 400 g/mol. The lowest BCUT2D eigenvalue weighted by molar-refractivity contribution is -0.384. The van der Waals surface area contributed by atoms with E-state index in [9.17, 15) is 10.1 Å². The van der Waals surface area contributed by atoms with Crippen LogP contribution in [0, 0.1) is 10.1 Å². The molecule has 0 aliphatic rings. The second kappa shape index (κ2) is 6.95. The van der Waals surface area contributed by atoms with Crippen LogP contribution in [0.1, 0.15) is 20.6 Å². The van der Waals surface area contributed by atoms with E-state index in [1.54, 1.807) is 30.5 Å². The molecule has 0 bridgehead atoms. The second-order valence-corrected chi connectivity index (χ2v) is 7.37. The number of aryl methyl sites for hydroxylation is 2. The highest BCUT2D eigenvalue weighted by atomic mass is 79.9. The molecule has 1 aromatic heterocycles. The van der Waals surface area contributed by atoms with Crippen molar-refractivity contribution in [3.63, 3.8) is 0 Å². The van der Waals surface area contributed by atoms with Crippen molar-refractivity contribution in [2.24, 2.45) is 0 Å². The van der Waals surface area contributed by atoms with Gasteiger partial charge >= 0.3 is 0 Å². The standard InChI is InChI=1S/C14H12Br2N2O2/c15-14(16)13-9-11(7-8-17-13)2-1-10-3-5-12(6-4-10)18(19)20/h3-9,14H,1-2H2. The zero-order chi connectivity index (χ0) is 14.5. The number of non-ortho nitro benzene ring substituents is 1. The molecule has 0 N–H and O–H groups in total. The van der Waals surface area contributed by atoms with Gasteiger partial charge in [0.2, 0.25) is 0 Å². The molecular formula is C14H12Br2N2O2. The first-order valence-electron chi connectivity index (χ1n) is 6.02. The summed E-state index contributed by atoms with van der Waals surface area (Å²) < 4.78 is 0.0503. The number of alkyl halides is 2. The summed E-state index contributed by atoms with van der Waals surface area (Å²) in [6.45, 7) is 0. The summed E-state index contributed by atoms with van der Waals surface area (Å²) in [7, 11) is 0. The molecule has 2 rings (SSSR count). The number of hydrogen-bond donors (Lipinski definition) is 0. The number of nitro benzene ring substituents is 1. The third-order valence-corrected chi connectivity index (χ3v) is 3.86. The Hall–Kier alpha value is -1.27. The van der Waals surface area contributed by atoms with Crippen molar-refractivity contribution in [1.29, 1.82) is 0 Å². The Morgan fingerprint density at radius 1 is 1.10 bits per heavy atom. The van der Waals surface area contributed by atoms with Crippen LogP contribution in [0.2, 0.25) is 0 Å². The highest BCUT2D eigenvalue weighted by Gasteiger charge is 2.06. The van der Waals surface area contributed by atoms with Gasteiger partial charge in [-0.3, -0.25) is 15.1 Å². The van der Waals surface area contributed by atoms with Crippen LogP contribution in [-0.4, -0.2) is 9.91 Å². The number of halogens is 2. The minimum absolute atomic E-state index is 0.0503. The number of pyridine rings is 1. The monoisotopic (exact) mass is 398 g/mol. The second-order valence-electron chi connectivity index (χ2n) is 4.31. The molecule has 2 aromatic rings. The van der Waals surface area contributed by atoms with Gasteiger partial charge in [-0.2, -0.15) is 0 Å². The van der Waals surface area contributed by atoms with E-state index < -0.39 is 0 Å². The van der Waals surface area contributed by atoms with Crippen molar-refractivity contribution in [3.8, 4) is 0 Å². The topological polar surface area (TPSA) is 56.0 Å². The first kappa shape index (κ1) is 15.1. The van der Waals surface area contributed by atoms with Gasteiger partial charge in [0.1, 0.15) is 3.74 Å². The molecule has 0 spiro atoms. The zero-order valence-corrected chi connectivity index (χ0v) is 13.7. The number of aromatic nitrogens is 1. The minimum Gasteiger partial charge on any atom is -0.259 e. The Morgan fingerprint density at radius 2 is 1.75 bits per heavy atom. The van der Waals surface area contributed by atoms with Gasteiger partial charge in [0.15, 0.2) is 0 Å². The summed E-state index contributed by atoms with van der Waals surface area (Å²) in [4.78, 5) is 14.5. The van der Waals surface area contributed by atoms with E-state index in [2.05, 4.69) is 36.8 Å². The van der Waals surface area contributed by atoms with Crippen LogP contribution < -0.4 is 0 Å². The SMILES string of the molecule is O=[N+]([O-])c1ccc(CCc2ccnc(C(Br)Br)c2)cc1. The third kappa shape index (κ3) is 4.11. The molecule has 104 valence electrons. The van der Waals surface area contributed by atoms with E-state index in [-0.39, 0.29) is 14.3 Å². The lowest BCUT2D eigenvalue weighted by Gasteiger charge is -2.05. The maximum atomic E-state index is 10.6. The molecular weight excluding hydrogens is 388 g/mol. The molecule has 0 atom stereocenters. The molecule has 6 heteroatoms. The van der Waals surface area contributed by atoms with Gasteiger partial charge in [0.25, 0.3) is 5.69 Å². The highest BCUT2D eigenvalue weighted by Crippen LogP contribution is 2.27. The maximum Gasteiger partial charge on any atom is 0.269 e. The minimum atomic E-state index is -0.384. The van der Waals surface area contributed by atoms with E-state index in [1.165, 1.54) is 5.56 Å². The van der Waals surface area contributed by atoms with Crippen molar-refractivity contribution in [3.05, 3.63) is 69.5 Å². The van der Waals surface area contributed by atoms with Gasteiger partial charge in [-0.25, -0.2) is 0 Å². The molecule has 0 radical (unpaired) electrons. The smallest absolute Gasteiger partial charge is 0.259 e. The number of rotatable bonds is 5. The van der Waals surface area contributed by atoms with E-state index in [4.69, 9.17) is 0 Å². The fourth-order valence-electron chi connectivity index (χ4n) is 1.84. The molecule has 0 fully saturated rings. The van der Waals surface area contributed by atoms with E-state index in [1.807, 2.05) is 12.1 Å². The lowest BCUT2D eigenvalue weighted by Crippen LogP contribution is -1.95. The van der Waals surface area contributed by atoms with Crippen LogP contribution in [0.5, 0.6) is 0 Å². The fraction of sp³-hybridized carbons (Fsp3) is 0.214. The molecule has 4 nitrogen and oxygen atoms in total. The summed E-state index contributed by atoms with van der Waals surface area (Å²) in [5.41, 5.74) is 3.34. The zero-order valence-electron chi connectivity index (χ0n) is 10.5. The van der Waals surface area contributed by atoms with Gasteiger partial charge in [0, 0.05) is 18.3 Å². The molecule has 0 aliphatic carbocycles. The molecule has 0 aliphatic heterocycles. The Kier molecular flexibility index (Phi) is 5.25. The molecule has 0 saturated heterocycles. The molecule has 0 unspecified atom stereocenters. The van der Waals surface area contributed by atoms with Gasteiger partial charge in [-0.1, -0.05) is 44.0 Å². The van der Waals surface area contributed by atoms with Crippen molar-refractivity contribution >= 4 is 37.5 Å². The van der Waals surface area contributed by atoms with Crippen LogP contribution in [0.15, 0.2) is 42.6 Å². The number of benzene rings is 1. The van der Waals surface area contributed by atoms with E-state index in [0.717, 1.165) is 24.1 Å². The summed E-state index contributed by atoms with van der Waals surface area (Å²) >= 11 is 6.85. The first-order chi connectivity index (χ1) is 9.56. The Bertz CT molecular complexity index is 600. The molecule has 0 saturated carbocycles. The summed E-state index contributed by atoms with van der Waals surface area (Å²) in [5.74, 6) is 0. The molecule has 20 heavy (non-hydrogen) atoms. The maximum absolute atomic E-state index is 10.6. The summed E-state index contributed by atoms with van der Waals surface area (Å²) in [5, 5.41) is 10.6. The number of hydrogen-bond acceptors (Lipinski definition) is 3. The normalized spacial score (nSPS) is 10.8. The van der Waals surface area contributed by atoms with Gasteiger partial charge in [-0.15, -0.1) is 0 Å². The Morgan fingerprint density at radius 3 is 2.35 bits per heavy atom. The Balaban J connectivity index is 2.01. The first-order valence-corrected chi connectivity index (χ1v) is 7.85. The molecule has 1 heterocycles. The Labute approximate surface area is 133 Å². The predicted octanol–water partition coefficient (Wildman–Crippen LogP) is 4.56. The van der Waals surface area contributed by atoms with Crippen LogP contribution >= 0.6 is 31.9 Å². The summed E-state index contributed by atoms with van der Waals surface area (Å²) in [6.07, 6.45) is 3.51. The van der Waals surface area contributed by atoms with Crippen molar-refractivity contribution in [2.75, 3.05) is 0 Å². The third-order valence-electron chi connectivity index (χ3n) is 2.92. The van der Waals surface area contributed by atoms with Crippen molar-refractivity contribution in [2.45, 2.75) is 16.6 Å². The largest absolute Gasteiger partial charge is 0.269 e. The molecule has 1 aromatic carbocycles. The quantitative estimate of drug-likeness (QED) is 0.420. The van der Waals surface area contributed by atoms with Gasteiger partial charge < -0.3 is 0 Å². The molecule has 0 amide bonds. The van der Waals surface area contributed by atoms with Crippen LogP contribution in [0.25, 0.3) is 0 Å². The van der Waals surface area contributed by atoms with Gasteiger partial charge in [0.05, 0.1) is 10.6 Å². The van der Waals surface area contributed by atoms with Crippen molar-refractivity contribution < 1.29 is 4.92 Å². The van der Waals surface area contributed by atoms with Crippen molar-refractivity contribution in [1.82, 2.24) is 4.98 Å². The fourth-order valence-corrected chi connectivity index (χ4v) is 2.34. The van der Waals surface area contributed by atoms with E-state index >= 15 is 0 Å². The predicted molar refractivity (Wildman–Crippen MR) is 85.3 cm³/mol. The highest BCUT2D eigenvalue weighted by molar-refractivity contribution is 9.24. The van der Waals surface area contributed by atoms with Crippen LogP contribution in [-0.2, 0) is 12.8 Å². The average Bonchev–Trinajstić information content (AvgIpc) is 2.46.